The molecule has 1 aliphatic heterocycles. The number of likely N-dealkylation sites (N-methyl/N-ethyl adjacent to an activating group) is 1. The predicted molar refractivity (Wildman–Crippen MR) is 81.8 cm³/mol. The number of nitrogens with one attached hydrogen (secondary N) is 1. The van der Waals surface area contributed by atoms with E-state index in [1.54, 1.807) is 19.2 Å². The molecule has 0 bridgehead atoms. The van der Waals surface area contributed by atoms with Crippen molar-refractivity contribution in [1.29, 1.82) is 0 Å². The molecule has 1 unspecified atom stereocenters. The highest BCUT2D eigenvalue weighted by Crippen LogP contribution is 2.20. The second-order valence-electron chi connectivity index (χ2n) is 5.36. The third kappa shape index (κ3) is 3.93. The van der Waals surface area contributed by atoms with Gasteiger partial charge in [-0.15, -0.1) is 0 Å². The van der Waals surface area contributed by atoms with E-state index in [0.717, 1.165) is 26.2 Å². The van der Waals surface area contributed by atoms with E-state index in [9.17, 15) is 9.18 Å². The van der Waals surface area contributed by atoms with E-state index in [0.29, 0.717) is 10.6 Å². The minimum absolute atomic E-state index is 0.0174. The standard InChI is InChI=1S/C15H21ClFN3O/c1-11(20-8-6-18-7-9-20)15(21)19(2)10-12-13(16)4-3-5-14(12)17/h3-5,11,18H,6-10H2,1-2H3. The molecule has 4 nitrogen and oxygen atoms in total. The van der Waals surface area contributed by atoms with Crippen molar-refractivity contribution in [1.82, 2.24) is 15.1 Å². The maximum Gasteiger partial charge on any atom is 0.239 e. The SMILES string of the molecule is CC(C(=O)N(C)Cc1c(F)cccc1Cl)N1CCNCC1. The van der Waals surface area contributed by atoms with Crippen LogP contribution in [0.5, 0.6) is 0 Å². The van der Waals surface area contributed by atoms with Gasteiger partial charge in [0.15, 0.2) is 0 Å². The third-order valence-electron chi connectivity index (χ3n) is 3.89. The fourth-order valence-corrected chi connectivity index (χ4v) is 2.77. The van der Waals surface area contributed by atoms with Gasteiger partial charge in [-0.2, -0.15) is 0 Å². The molecule has 0 aliphatic carbocycles. The second kappa shape index (κ2) is 7.20. The molecule has 1 aliphatic rings. The second-order valence-corrected chi connectivity index (χ2v) is 5.76. The molecule has 21 heavy (non-hydrogen) atoms. The van der Waals surface area contributed by atoms with Crippen LogP contribution in [-0.4, -0.2) is 55.0 Å². The molecule has 1 amide bonds. The van der Waals surface area contributed by atoms with E-state index in [1.807, 2.05) is 6.92 Å². The number of piperazine rings is 1. The number of nitrogens with zero attached hydrogens (tertiary/aromatic N) is 2. The lowest BCUT2D eigenvalue weighted by atomic mass is 10.1. The van der Waals surface area contributed by atoms with Crippen LogP contribution in [0.3, 0.4) is 0 Å². The maximum atomic E-state index is 13.8. The van der Waals surface area contributed by atoms with Gasteiger partial charge in [0.05, 0.1) is 6.04 Å². The molecular formula is C15H21ClFN3O. The summed E-state index contributed by atoms with van der Waals surface area (Å²) in [5.41, 5.74) is 0.363. The van der Waals surface area contributed by atoms with Gasteiger partial charge in [0.2, 0.25) is 5.91 Å². The Labute approximate surface area is 129 Å². The Balaban J connectivity index is 2.02. The lowest BCUT2D eigenvalue weighted by Crippen LogP contribution is -2.52. The third-order valence-corrected chi connectivity index (χ3v) is 4.24. The van der Waals surface area contributed by atoms with Gasteiger partial charge < -0.3 is 10.2 Å². The van der Waals surface area contributed by atoms with Crippen LogP contribution in [-0.2, 0) is 11.3 Å². The maximum absolute atomic E-state index is 13.8. The molecular weight excluding hydrogens is 293 g/mol. The summed E-state index contributed by atoms with van der Waals surface area (Å²) in [6.45, 7) is 5.55. The number of hydrogen-bond donors (Lipinski definition) is 1. The Morgan fingerprint density at radius 1 is 1.48 bits per heavy atom. The van der Waals surface area contributed by atoms with Crippen molar-refractivity contribution in [2.24, 2.45) is 0 Å². The first-order valence-electron chi connectivity index (χ1n) is 7.13. The number of rotatable bonds is 4. The van der Waals surface area contributed by atoms with Crippen molar-refractivity contribution in [3.63, 3.8) is 0 Å². The van der Waals surface area contributed by atoms with Crippen LogP contribution in [0.4, 0.5) is 4.39 Å². The molecule has 116 valence electrons. The Morgan fingerprint density at radius 3 is 2.76 bits per heavy atom. The zero-order chi connectivity index (χ0) is 15.4. The summed E-state index contributed by atoms with van der Waals surface area (Å²) in [6, 6.07) is 4.35. The highest BCUT2D eigenvalue weighted by Gasteiger charge is 2.26. The average Bonchev–Trinajstić information content (AvgIpc) is 2.50. The Kier molecular flexibility index (Phi) is 5.56. The molecule has 1 atom stereocenters. The number of halogens is 2. The van der Waals surface area contributed by atoms with Crippen LogP contribution in [0.2, 0.25) is 5.02 Å². The van der Waals surface area contributed by atoms with Crippen LogP contribution < -0.4 is 5.32 Å². The lowest BCUT2D eigenvalue weighted by Gasteiger charge is -2.34. The van der Waals surface area contributed by atoms with Gasteiger partial charge in [0.25, 0.3) is 0 Å². The molecule has 1 fully saturated rings. The van der Waals surface area contributed by atoms with Crippen LogP contribution >= 0.6 is 11.6 Å². The van der Waals surface area contributed by atoms with Crippen LogP contribution in [0, 0.1) is 5.82 Å². The summed E-state index contributed by atoms with van der Waals surface area (Å²) < 4.78 is 13.8. The number of amides is 1. The summed E-state index contributed by atoms with van der Waals surface area (Å²) in [5, 5.41) is 3.61. The molecule has 0 radical (unpaired) electrons. The molecule has 6 heteroatoms. The zero-order valence-electron chi connectivity index (χ0n) is 12.4. The van der Waals surface area contributed by atoms with E-state index >= 15 is 0 Å². The number of hydrogen-bond acceptors (Lipinski definition) is 3. The topological polar surface area (TPSA) is 35.6 Å². The molecule has 0 spiro atoms. The van der Waals surface area contributed by atoms with E-state index in [1.165, 1.54) is 11.0 Å². The van der Waals surface area contributed by atoms with Crippen molar-refractivity contribution < 1.29 is 9.18 Å². The van der Waals surface area contributed by atoms with Crippen LogP contribution in [0.1, 0.15) is 12.5 Å². The van der Waals surface area contributed by atoms with E-state index < -0.39 is 0 Å². The number of benzene rings is 1. The van der Waals surface area contributed by atoms with Gasteiger partial charge in [-0.1, -0.05) is 17.7 Å². The molecule has 0 saturated carbocycles. The van der Waals surface area contributed by atoms with Gasteiger partial charge >= 0.3 is 0 Å². The quantitative estimate of drug-likeness (QED) is 0.919. The van der Waals surface area contributed by atoms with Crippen LogP contribution in [0.15, 0.2) is 18.2 Å². The van der Waals surface area contributed by atoms with Gasteiger partial charge in [0, 0.05) is 50.4 Å². The largest absolute Gasteiger partial charge is 0.340 e. The first-order valence-corrected chi connectivity index (χ1v) is 7.51. The smallest absolute Gasteiger partial charge is 0.239 e. The minimum atomic E-state index is -0.378. The molecule has 2 rings (SSSR count). The molecule has 0 aromatic heterocycles. The Hall–Kier alpha value is -1.17. The molecule has 1 aromatic rings. The monoisotopic (exact) mass is 313 g/mol. The number of carbonyl (C=O) groups is 1. The molecule has 1 heterocycles. The van der Waals surface area contributed by atoms with Crippen molar-refractivity contribution in [2.45, 2.75) is 19.5 Å². The Bertz CT molecular complexity index is 485. The first-order chi connectivity index (χ1) is 10.0. The van der Waals surface area contributed by atoms with Crippen molar-refractivity contribution >= 4 is 17.5 Å². The van der Waals surface area contributed by atoms with Gasteiger partial charge in [-0.05, 0) is 19.1 Å². The summed E-state index contributed by atoms with van der Waals surface area (Å²) in [5.74, 6) is -0.395. The van der Waals surface area contributed by atoms with Crippen LogP contribution in [0.25, 0.3) is 0 Å². The van der Waals surface area contributed by atoms with Crippen molar-refractivity contribution in [2.75, 3.05) is 33.2 Å². The molecule has 1 N–H and O–H groups in total. The lowest BCUT2D eigenvalue weighted by molar-refractivity contribution is -0.135. The normalized spacial score (nSPS) is 17.5. The fourth-order valence-electron chi connectivity index (χ4n) is 2.54. The predicted octanol–water partition coefficient (Wildman–Crippen LogP) is 1.73. The zero-order valence-corrected chi connectivity index (χ0v) is 13.2. The summed E-state index contributed by atoms with van der Waals surface area (Å²) >= 11 is 6.01. The molecule has 1 aromatic carbocycles. The summed E-state index contributed by atoms with van der Waals surface area (Å²) in [7, 11) is 1.68. The van der Waals surface area contributed by atoms with Gasteiger partial charge in [-0.25, -0.2) is 4.39 Å². The van der Waals surface area contributed by atoms with Gasteiger partial charge in [-0.3, -0.25) is 9.69 Å². The van der Waals surface area contributed by atoms with E-state index in [-0.39, 0.29) is 24.3 Å². The first kappa shape index (κ1) is 16.2. The molecule has 1 saturated heterocycles. The van der Waals surface area contributed by atoms with Gasteiger partial charge in [0.1, 0.15) is 5.82 Å². The van der Waals surface area contributed by atoms with E-state index in [4.69, 9.17) is 11.6 Å². The highest BCUT2D eigenvalue weighted by atomic mass is 35.5. The summed E-state index contributed by atoms with van der Waals surface area (Å²) in [6.07, 6.45) is 0. The van der Waals surface area contributed by atoms with Crippen molar-refractivity contribution in [3.8, 4) is 0 Å². The Morgan fingerprint density at radius 2 is 2.14 bits per heavy atom. The van der Waals surface area contributed by atoms with Crippen molar-refractivity contribution in [3.05, 3.63) is 34.6 Å². The number of carbonyl (C=O) groups excluding carboxylic acids is 1. The average molecular weight is 314 g/mol. The minimum Gasteiger partial charge on any atom is -0.340 e. The summed E-state index contributed by atoms with van der Waals surface area (Å²) in [4.78, 5) is 16.1. The highest BCUT2D eigenvalue weighted by molar-refractivity contribution is 6.31. The van der Waals surface area contributed by atoms with E-state index in [2.05, 4.69) is 10.2 Å². The fraction of sp³-hybridized carbons (Fsp3) is 0.533.